The van der Waals surface area contributed by atoms with Crippen LogP contribution in [0.2, 0.25) is 0 Å². The van der Waals surface area contributed by atoms with E-state index in [1.165, 1.54) is 0 Å². The molecule has 3 rings (SSSR count). The average Bonchev–Trinajstić information content (AvgIpc) is 3.07. The van der Waals surface area contributed by atoms with E-state index in [-0.39, 0.29) is 0 Å². The molecule has 0 bridgehead atoms. The van der Waals surface area contributed by atoms with E-state index in [1.807, 2.05) is 35.0 Å². The summed E-state index contributed by atoms with van der Waals surface area (Å²) in [5.41, 5.74) is 3.02. The quantitative estimate of drug-likeness (QED) is 0.724. The number of aromatic amines is 1. The van der Waals surface area contributed by atoms with E-state index in [1.54, 1.807) is 24.0 Å². The third kappa shape index (κ3) is 2.40. The van der Waals surface area contributed by atoms with Crippen molar-refractivity contribution in [1.29, 1.82) is 0 Å². The van der Waals surface area contributed by atoms with Crippen LogP contribution in [0.3, 0.4) is 0 Å². The molecule has 0 unspecified atom stereocenters. The smallest absolute Gasteiger partial charge is 0.166 e. The van der Waals surface area contributed by atoms with E-state index in [4.69, 9.17) is 0 Å². The maximum absolute atomic E-state index is 4.53. The molecule has 2 aromatic heterocycles. The number of hydrogen-bond donors (Lipinski definition) is 1. The molecule has 0 atom stereocenters. The van der Waals surface area contributed by atoms with Gasteiger partial charge in [0.1, 0.15) is 5.82 Å². The number of thioether (sulfide) groups is 1. The highest BCUT2D eigenvalue weighted by Crippen LogP contribution is 2.22. The molecule has 1 N–H and O–H groups in total. The second-order valence-electron chi connectivity index (χ2n) is 4.23. The van der Waals surface area contributed by atoms with Crippen LogP contribution >= 0.6 is 11.8 Å². The summed E-state index contributed by atoms with van der Waals surface area (Å²) in [5.74, 6) is 1.56. The molecule has 0 saturated carbocycles. The van der Waals surface area contributed by atoms with E-state index < -0.39 is 0 Å². The standard InChI is InChI=1S/C15H14N4S/c1-3-14-16-11(9-19(14)4-2)10-20-15-17-12-7-5-6-8-13(12)18-15/h3-9H,1-2,10H2,(H,17,18). The van der Waals surface area contributed by atoms with Crippen LogP contribution < -0.4 is 0 Å². The Morgan fingerprint density at radius 1 is 1.25 bits per heavy atom. The van der Waals surface area contributed by atoms with Gasteiger partial charge in [0.15, 0.2) is 5.16 Å². The Balaban J connectivity index is 1.77. The fourth-order valence-corrected chi connectivity index (χ4v) is 2.74. The monoisotopic (exact) mass is 282 g/mol. The van der Waals surface area contributed by atoms with Gasteiger partial charge in [0.05, 0.1) is 16.7 Å². The van der Waals surface area contributed by atoms with Crippen molar-refractivity contribution < 1.29 is 0 Å². The number of benzene rings is 1. The number of aromatic nitrogens is 4. The normalized spacial score (nSPS) is 10.8. The summed E-state index contributed by atoms with van der Waals surface area (Å²) in [4.78, 5) is 12.3. The maximum Gasteiger partial charge on any atom is 0.166 e. The molecule has 3 aromatic rings. The molecule has 0 aliphatic rings. The summed E-state index contributed by atoms with van der Waals surface area (Å²) in [6.45, 7) is 7.49. The van der Waals surface area contributed by atoms with E-state index in [2.05, 4.69) is 28.1 Å². The lowest BCUT2D eigenvalue weighted by atomic mass is 10.3. The van der Waals surface area contributed by atoms with Gasteiger partial charge in [-0.05, 0) is 18.2 Å². The summed E-state index contributed by atoms with van der Waals surface area (Å²) in [5, 5.41) is 0.902. The summed E-state index contributed by atoms with van der Waals surface area (Å²) in [6.07, 6.45) is 5.40. The molecule has 100 valence electrons. The van der Waals surface area contributed by atoms with E-state index in [0.717, 1.165) is 33.5 Å². The first-order valence-corrected chi connectivity index (χ1v) is 7.19. The third-order valence-corrected chi connectivity index (χ3v) is 3.82. The Kier molecular flexibility index (Phi) is 3.43. The Morgan fingerprint density at radius 3 is 2.80 bits per heavy atom. The van der Waals surface area contributed by atoms with Crippen LogP contribution in [0, 0.1) is 0 Å². The molecule has 0 fully saturated rings. The van der Waals surface area contributed by atoms with Gasteiger partial charge in [0.2, 0.25) is 0 Å². The van der Waals surface area contributed by atoms with Gasteiger partial charge in [-0.25, -0.2) is 9.97 Å². The van der Waals surface area contributed by atoms with Crippen molar-refractivity contribution in [2.24, 2.45) is 0 Å². The van der Waals surface area contributed by atoms with Crippen LogP contribution in [0.5, 0.6) is 0 Å². The average molecular weight is 282 g/mol. The summed E-state index contributed by atoms with van der Waals surface area (Å²) < 4.78 is 1.86. The lowest BCUT2D eigenvalue weighted by molar-refractivity contribution is 1.07. The molecular weight excluding hydrogens is 268 g/mol. The molecule has 0 spiro atoms. The van der Waals surface area contributed by atoms with Gasteiger partial charge in [-0.2, -0.15) is 0 Å². The van der Waals surface area contributed by atoms with Crippen LogP contribution in [-0.4, -0.2) is 19.5 Å². The Bertz CT molecular complexity index is 711. The van der Waals surface area contributed by atoms with Crippen molar-refractivity contribution in [3.8, 4) is 0 Å². The van der Waals surface area contributed by atoms with Gasteiger partial charge in [-0.1, -0.05) is 37.1 Å². The number of hydrogen-bond acceptors (Lipinski definition) is 3. The zero-order valence-corrected chi connectivity index (χ0v) is 11.7. The van der Waals surface area contributed by atoms with Crippen LogP contribution in [0.15, 0.2) is 48.8 Å². The first-order valence-electron chi connectivity index (χ1n) is 6.20. The van der Waals surface area contributed by atoms with E-state index in [0.29, 0.717) is 0 Å². The minimum Gasteiger partial charge on any atom is -0.333 e. The van der Waals surface area contributed by atoms with Crippen molar-refractivity contribution in [2.45, 2.75) is 10.9 Å². The first-order chi connectivity index (χ1) is 9.80. The topological polar surface area (TPSA) is 46.5 Å². The van der Waals surface area contributed by atoms with Gasteiger partial charge in [-0.3, -0.25) is 0 Å². The van der Waals surface area contributed by atoms with Crippen molar-refractivity contribution in [3.63, 3.8) is 0 Å². The molecule has 1 aromatic carbocycles. The fraction of sp³-hybridized carbons (Fsp3) is 0.0667. The molecule has 0 aliphatic carbocycles. The molecule has 0 aliphatic heterocycles. The molecule has 0 saturated heterocycles. The number of nitrogens with zero attached hydrogens (tertiary/aromatic N) is 3. The van der Waals surface area contributed by atoms with Crippen LogP contribution in [0.25, 0.3) is 23.3 Å². The third-order valence-electron chi connectivity index (χ3n) is 2.91. The lowest BCUT2D eigenvalue weighted by Crippen LogP contribution is -1.85. The first kappa shape index (κ1) is 12.7. The predicted octanol–water partition coefficient (Wildman–Crippen LogP) is 3.80. The number of para-hydroxylation sites is 2. The van der Waals surface area contributed by atoms with Gasteiger partial charge in [0, 0.05) is 18.1 Å². The summed E-state index contributed by atoms with van der Waals surface area (Å²) in [6, 6.07) is 8.00. The highest BCUT2D eigenvalue weighted by molar-refractivity contribution is 7.98. The highest BCUT2D eigenvalue weighted by Gasteiger charge is 2.06. The SMILES string of the molecule is C=Cc1nc(CSc2nc3ccccc3[nH]2)cn1C=C. The summed E-state index contributed by atoms with van der Waals surface area (Å²) >= 11 is 1.63. The van der Waals surface area contributed by atoms with Gasteiger partial charge in [-0.15, -0.1) is 0 Å². The van der Waals surface area contributed by atoms with Crippen LogP contribution in [0.4, 0.5) is 0 Å². The predicted molar refractivity (Wildman–Crippen MR) is 84.4 cm³/mol. The zero-order chi connectivity index (χ0) is 13.9. The highest BCUT2D eigenvalue weighted by atomic mass is 32.2. The Labute approximate surface area is 121 Å². The molecule has 5 heteroatoms. The van der Waals surface area contributed by atoms with E-state index in [9.17, 15) is 0 Å². The number of imidazole rings is 2. The maximum atomic E-state index is 4.53. The fourth-order valence-electron chi connectivity index (χ4n) is 1.97. The second kappa shape index (κ2) is 5.38. The molecular formula is C15H14N4S. The van der Waals surface area contributed by atoms with Crippen molar-refractivity contribution in [1.82, 2.24) is 19.5 Å². The molecule has 20 heavy (non-hydrogen) atoms. The second-order valence-corrected chi connectivity index (χ2v) is 5.20. The minimum absolute atomic E-state index is 0.751. The number of rotatable bonds is 5. The zero-order valence-electron chi connectivity index (χ0n) is 10.9. The Morgan fingerprint density at radius 2 is 2.10 bits per heavy atom. The number of nitrogens with one attached hydrogen (secondary N) is 1. The molecule has 4 nitrogen and oxygen atoms in total. The van der Waals surface area contributed by atoms with Gasteiger partial charge >= 0.3 is 0 Å². The van der Waals surface area contributed by atoms with Gasteiger partial charge < -0.3 is 9.55 Å². The number of fused-ring (bicyclic) bond motifs is 1. The van der Waals surface area contributed by atoms with Gasteiger partial charge in [0.25, 0.3) is 0 Å². The van der Waals surface area contributed by atoms with Crippen molar-refractivity contribution in [2.75, 3.05) is 0 Å². The lowest BCUT2D eigenvalue weighted by Gasteiger charge is -1.93. The molecule has 2 heterocycles. The van der Waals surface area contributed by atoms with Crippen LogP contribution in [0.1, 0.15) is 11.5 Å². The largest absolute Gasteiger partial charge is 0.333 e. The molecule has 0 radical (unpaired) electrons. The molecule has 0 amide bonds. The van der Waals surface area contributed by atoms with Crippen LogP contribution in [-0.2, 0) is 5.75 Å². The minimum atomic E-state index is 0.751. The van der Waals surface area contributed by atoms with Crippen molar-refractivity contribution >= 4 is 35.1 Å². The van der Waals surface area contributed by atoms with Crippen molar-refractivity contribution in [3.05, 3.63) is 55.1 Å². The Hall–Kier alpha value is -2.27. The van der Waals surface area contributed by atoms with E-state index >= 15 is 0 Å². The summed E-state index contributed by atoms with van der Waals surface area (Å²) in [7, 11) is 0. The number of H-pyrrole nitrogens is 1.